The Balaban J connectivity index is 1.37. The summed E-state index contributed by atoms with van der Waals surface area (Å²) < 4.78 is 12.1. The van der Waals surface area contributed by atoms with Gasteiger partial charge >= 0.3 is 0 Å². The Bertz CT molecular complexity index is 1460. The van der Waals surface area contributed by atoms with Gasteiger partial charge in [-0.05, 0) is 53.9 Å². The number of benzene rings is 1. The molecule has 3 aromatic rings. The molecular weight excluding hydrogens is 460 g/mol. The minimum absolute atomic E-state index is 0.0804. The topological polar surface area (TPSA) is 77.8 Å². The summed E-state index contributed by atoms with van der Waals surface area (Å²) in [5.74, 6) is 2.03. The second kappa shape index (κ2) is 9.58. The van der Waals surface area contributed by atoms with Gasteiger partial charge in [0, 0.05) is 22.3 Å². The van der Waals surface area contributed by atoms with Crippen LogP contribution in [-0.2, 0) is 0 Å². The highest BCUT2D eigenvalue weighted by molar-refractivity contribution is 5.68. The number of aromatic nitrogens is 4. The lowest BCUT2D eigenvalue weighted by Crippen LogP contribution is -2.11. The van der Waals surface area contributed by atoms with Gasteiger partial charge in [-0.3, -0.25) is 0 Å². The third-order valence-corrected chi connectivity index (χ3v) is 6.83. The van der Waals surface area contributed by atoms with Crippen molar-refractivity contribution in [2.24, 2.45) is 10.8 Å². The van der Waals surface area contributed by atoms with Crippen molar-refractivity contribution in [2.45, 2.75) is 60.8 Å². The molecule has 0 radical (unpaired) electrons. The van der Waals surface area contributed by atoms with E-state index in [1.165, 1.54) is 11.1 Å². The van der Waals surface area contributed by atoms with Crippen molar-refractivity contribution < 1.29 is 8.83 Å². The van der Waals surface area contributed by atoms with E-state index in [1.54, 1.807) is 0 Å². The smallest absolute Gasteiger partial charge is 0.248 e. The molecule has 37 heavy (non-hydrogen) atoms. The van der Waals surface area contributed by atoms with Crippen LogP contribution in [0.3, 0.4) is 0 Å². The van der Waals surface area contributed by atoms with Gasteiger partial charge in [0.1, 0.15) is 0 Å². The standard InChI is InChI=1S/C31H34N4O2/c1-30(2,3)24-12-8-9-20(13-16-24)26-32-34-28(36-26)22-10-7-11-23(19-22)29-35-33-27(37-29)21-14-17-25(18-15-21)31(4,5)6/h7-8,10-14,16-17,19H,9,15,18H2,1-6H3. The van der Waals surface area contributed by atoms with E-state index < -0.39 is 0 Å². The second-order valence-electron chi connectivity index (χ2n) is 11.7. The van der Waals surface area contributed by atoms with Crippen LogP contribution >= 0.6 is 0 Å². The molecule has 5 rings (SSSR count). The zero-order valence-corrected chi connectivity index (χ0v) is 22.5. The summed E-state index contributed by atoms with van der Waals surface area (Å²) in [7, 11) is 0. The Kier molecular flexibility index (Phi) is 6.44. The number of hydrogen-bond donors (Lipinski definition) is 0. The summed E-state index contributed by atoms with van der Waals surface area (Å²) in [5, 5.41) is 17.3. The third kappa shape index (κ3) is 5.48. The molecule has 0 saturated carbocycles. The van der Waals surface area contributed by atoms with E-state index >= 15 is 0 Å². The molecule has 2 aromatic heterocycles. The first-order chi connectivity index (χ1) is 17.6. The lowest BCUT2D eigenvalue weighted by atomic mass is 9.80. The van der Waals surface area contributed by atoms with Crippen molar-refractivity contribution in [1.82, 2.24) is 20.4 Å². The van der Waals surface area contributed by atoms with Gasteiger partial charge in [0.25, 0.3) is 0 Å². The zero-order chi connectivity index (χ0) is 26.2. The molecule has 2 heterocycles. The average Bonchev–Trinajstić information content (AvgIpc) is 3.48. The summed E-state index contributed by atoms with van der Waals surface area (Å²) >= 11 is 0. The van der Waals surface area contributed by atoms with Gasteiger partial charge < -0.3 is 8.83 Å². The van der Waals surface area contributed by atoms with E-state index in [0.29, 0.717) is 23.6 Å². The number of allylic oxidation sites excluding steroid dienone is 10. The van der Waals surface area contributed by atoms with Crippen LogP contribution in [0.15, 0.2) is 80.7 Å². The van der Waals surface area contributed by atoms with E-state index in [1.807, 2.05) is 24.3 Å². The molecule has 0 N–H and O–H groups in total. The molecule has 0 unspecified atom stereocenters. The van der Waals surface area contributed by atoms with Gasteiger partial charge in [0.05, 0.1) is 0 Å². The maximum Gasteiger partial charge on any atom is 0.248 e. The zero-order valence-electron chi connectivity index (χ0n) is 22.5. The summed E-state index contributed by atoms with van der Waals surface area (Å²) in [4.78, 5) is 0. The molecule has 1 aromatic carbocycles. The predicted molar refractivity (Wildman–Crippen MR) is 147 cm³/mol. The first-order valence-corrected chi connectivity index (χ1v) is 12.8. The Labute approximate surface area is 218 Å². The van der Waals surface area contributed by atoms with E-state index in [-0.39, 0.29) is 10.8 Å². The SMILES string of the molecule is CC(C)(C)C1=CC=C(c2nnc(-c3cccc(-c4nnc(C5=CC=C(C(C)(C)C)CC5)o4)c3)o2)CC=C1. The monoisotopic (exact) mass is 494 g/mol. The number of rotatable bonds is 4. The molecule has 0 spiro atoms. The predicted octanol–water partition coefficient (Wildman–Crippen LogP) is 8.25. The van der Waals surface area contributed by atoms with Gasteiger partial charge in [-0.1, -0.05) is 89.6 Å². The molecule has 0 bridgehead atoms. The summed E-state index contributed by atoms with van der Waals surface area (Å²) in [6.45, 7) is 13.3. The Morgan fingerprint density at radius 1 is 0.649 bits per heavy atom. The quantitative estimate of drug-likeness (QED) is 0.363. The summed E-state index contributed by atoms with van der Waals surface area (Å²) in [6, 6.07) is 7.77. The fourth-order valence-electron chi connectivity index (χ4n) is 4.45. The fraction of sp³-hybridized carbons (Fsp3) is 0.355. The molecule has 6 heteroatoms. The average molecular weight is 495 g/mol. The van der Waals surface area contributed by atoms with Crippen LogP contribution in [0.2, 0.25) is 0 Å². The van der Waals surface area contributed by atoms with Crippen molar-refractivity contribution in [2.75, 3.05) is 0 Å². The van der Waals surface area contributed by atoms with Crippen molar-refractivity contribution in [1.29, 1.82) is 0 Å². The number of nitrogens with zero attached hydrogens (tertiary/aromatic N) is 4. The minimum atomic E-state index is 0.0804. The third-order valence-electron chi connectivity index (χ3n) is 6.83. The Hall–Kier alpha value is -3.80. The Morgan fingerprint density at radius 3 is 1.81 bits per heavy atom. The highest BCUT2D eigenvalue weighted by Crippen LogP contribution is 2.36. The van der Waals surface area contributed by atoms with Crippen LogP contribution in [-0.4, -0.2) is 20.4 Å². The van der Waals surface area contributed by atoms with Crippen LogP contribution in [0.5, 0.6) is 0 Å². The largest absolute Gasteiger partial charge is 0.416 e. The molecule has 0 aliphatic heterocycles. The molecule has 2 aliphatic carbocycles. The fourth-order valence-corrected chi connectivity index (χ4v) is 4.45. The first-order valence-electron chi connectivity index (χ1n) is 12.8. The van der Waals surface area contributed by atoms with Gasteiger partial charge in [0.2, 0.25) is 23.6 Å². The first kappa shape index (κ1) is 24.9. The molecular formula is C31H34N4O2. The van der Waals surface area contributed by atoms with Crippen molar-refractivity contribution in [3.63, 3.8) is 0 Å². The van der Waals surface area contributed by atoms with Gasteiger partial charge in [0.15, 0.2) is 0 Å². The minimum Gasteiger partial charge on any atom is -0.416 e. The van der Waals surface area contributed by atoms with Gasteiger partial charge in [-0.25, -0.2) is 0 Å². The van der Waals surface area contributed by atoms with E-state index in [2.05, 4.69) is 98.4 Å². The number of hydrogen-bond acceptors (Lipinski definition) is 6. The van der Waals surface area contributed by atoms with Crippen molar-refractivity contribution in [3.8, 4) is 22.9 Å². The van der Waals surface area contributed by atoms with Gasteiger partial charge in [-0.15, -0.1) is 20.4 Å². The summed E-state index contributed by atoms with van der Waals surface area (Å²) in [5.41, 5.74) is 6.64. The molecule has 0 amide bonds. The van der Waals surface area contributed by atoms with Crippen LogP contribution in [0.1, 0.15) is 72.6 Å². The second-order valence-corrected chi connectivity index (χ2v) is 11.7. The molecule has 190 valence electrons. The summed E-state index contributed by atoms with van der Waals surface area (Å²) in [6.07, 6.45) is 15.5. The normalized spacial score (nSPS) is 16.6. The van der Waals surface area contributed by atoms with Crippen LogP contribution in [0, 0.1) is 10.8 Å². The van der Waals surface area contributed by atoms with Crippen molar-refractivity contribution >= 4 is 11.1 Å². The molecule has 6 nitrogen and oxygen atoms in total. The molecule has 0 saturated heterocycles. The van der Waals surface area contributed by atoms with E-state index in [0.717, 1.165) is 41.5 Å². The van der Waals surface area contributed by atoms with Crippen LogP contribution in [0.4, 0.5) is 0 Å². The van der Waals surface area contributed by atoms with Crippen molar-refractivity contribution in [3.05, 3.63) is 83.6 Å². The van der Waals surface area contributed by atoms with E-state index in [9.17, 15) is 0 Å². The highest BCUT2D eigenvalue weighted by atomic mass is 16.4. The van der Waals surface area contributed by atoms with Crippen LogP contribution in [0.25, 0.3) is 34.1 Å². The Morgan fingerprint density at radius 2 is 1.24 bits per heavy atom. The van der Waals surface area contributed by atoms with E-state index in [4.69, 9.17) is 8.83 Å². The van der Waals surface area contributed by atoms with Crippen LogP contribution < -0.4 is 0 Å². The molecule has 2 aliphatic rings. The lowest BCUT2D eigenvalue weighted by Gasteiger charge is -2.25. The molecule has 0 atom stereocenters. The lowest BCUT2D eigenvalue weighted by molar-refractivity contribution is 0.480. The van der Waals surface area contributed by atoms with Gasteiger partial charge in [-0.2, -0.15) is 0 Å². The molecule has 0 fully saturated rings. The maximum atomic E-state index is 6.08. The maximum absolute atomic E-state index is 6.08. The highest BCUT2D eigenvalue weighted by Gasteiger charge is 2.22.